The Kier molecular flexibility index (Phi) is 9.23. The van der Waals surface area contributed by atoms with Crippen LogP contribution in [0.3, 0.4) is 0 Å². The number of hydrogen-bond acceptors (Lipinski definition) is 6. The summed E-state index contributed by atoms with van der Waals surface area (Å²) in [5.41, 5.74) is 5.03. The molecule has 0 aliphatic carbocycles. The number of aromatic amines is 1. The van der Waals surface area contributed by atoms with E-state index >= 15 is 0 Å². The SMILES string of the molecule is O=NS(=O)(=O)CCCCCCOc1cccc(Cc2nc3c(Cc4ccccc4)[nH]c(-c4ccccc4)cn-3c2=O)c1. The molecule has 1 N–H and O–H groups in total. The Labute approximate surface area is 244 Å². The number of benzene rings is 3. The van der Waals surface area contributed by atoms with Crippen LogP contribution in [0.4, 0.5) is 0 Å². The monoisotopic (exact) mass is 584 g/mol. The molecule has 9 nitrogen and oxygen atoms in total. The van der Waals surface area contributed by atoms with E-state index in [0.29, 0.717) is 49.6 Å². The zero-order valence-electron chi connectivity index (χ0n) is 23.1. The number of H-pyrrole nitrogens is 1. The minimum Gasteiger partial charge on any atom is -0.494 e. The number of nitrogens with zero attached hydrogens (tertiary/aromatic N) is 3. The predicted octanol–water partition coefficient (Wildman–Crippen LogP) is 5.88. The summed E-state index contributed by atoms with van der Waals surface area (Å²) in [4.78, 5) is 32.1. The molecule has 0 radical (unpaired) electrons. The van der Waals surface area contributed by atoms with Gasteiger partial charge in [0.2, 0.25) is 0 Å². The van der Waals surface area contributed by atoms with Crippen LogP contribution in [-0.4, -0.2) is 35.3 Å². The van der Waals surface area contributed by atoms with Crippen molar-refractivity contribution in [1.29, 1.82) is 0 Å². The van der Waals surface area contributed by atoms with E-state index in [4.69, 9.17) is 9.72 Å². The highest BCUT2D eigenvalue weighted by molar-refractivity contribution is 7.89. The van der Waals surface area contributed by atoms with Gasteiger partial charge in [-0.1, -0.05) is 85.6 Å². The van der Waals surface area contributed by atoms with Crippen molar-refractivity contribution >= 4 is 10.0 Å². The molecule has 5 rings (SSSR count). The Balaban J connectivity index is 1.30. The van der Waals surface area contributed by atoms with Gasteiger partial charge in [-0.05, 0) is 41.7 Å². The van der Waals surface area contributed by atoms with Crippen LogP contribution in [0.2, 0.25) is 0 Å². The fourth-order valence-corrected chi connectivity index (χ4v) is 5.53. The average Bonchev–Trinajstić information content (AvgIpc) is 3.32. The van der Waals surface area contributed by atoms with E-state index in [0.717, 1.165) is 40.9 Å². The lowest BCUT2D eigenvalue weighted by atomic mass is 10.1. The van der Waals surface area contributed by atoms with E-state index in [2.05, 4.69) is 21.7 Å². The fourth-order valence-electron chi connectivity index (χ4n) is 4.89. The van der Waals surface area contributed by atoms with Gasteiger partial charge in [0, 0.05) is 19.0 Å². The maximum Gasteiger partial charge on any atom is 0.288 e. The first kappa shape index (κ1) is 28.9. The van der Waals surface area contributed by atoms with E-state index < -0.39 is 10.0 Å². The number of rotatable bonds is 14. The van der Waals surface area contributed by atoms with Crippen molar-refractivity contribution in [1.82, 2.24) is 14.5 Å². The molecule has 0 bridgehead atoms. The largest absolute Gasteiger partial charge is 0.494 e. The fraction of sp³-hybridized carbons (Fsp3) is 0.250. The summed E-state index contributed by atoms with van der Waals surface area (Å²) in [5, 5.41) is 0. The van der Waals surface area contributed by atoms with E-state index in [1.54, 1.807) is 4.57 Å². The molecule has 0 fully saturated rings. The number of fused-ring (bicyclic) bond motifs is 1. The second-order valence-electron chi connectivity index (χ2n) is 10.2. The molecule has 2 heterocycles. The lowest BCUT2D eigenvalue weighted by molar-refractivity contribution is 0.305. The minimum absolute atomic E-state index is 0.149. The zero-order chi connectivity index (χ0) is 29.4. The Hall–Kier alpha value is -4.57. The Morgan fingerprint density at radius 1 is 0.833 bits per heavy atom. The lowest BCUT2D eigenvalue weighted by Gasteiger charge is -2.13. The van der Waals surface area contributed by atoms with Crippen LogP contribution in [0.1, 0.15) is 48.2 Å². The van der Waals surface area contributed by atoms with Gasteiger partial charge in [0.05, 0.1) is 28.3 Å². The van der Waals surface area contributed by atoms with Crippen molar-refractivity contribution in [2.75, 3.05) is 12.4 Å². The maximum absolute atomic E-state index is 13.6. The van der Waals surface area contributed by atoms with Crippen LogP contribution < -0.4 is 10.3 Å². The highest BCUT2D eigenvalue weighted by Gasteiger charge is 2.20. The van der Waals surface area contributed by atoms with Gasteiger partial charge in [-0.3, -0.25) is 9.36 Å². The third-order valence-corrected chi connectivity index (χ3v) is 8.04. The Morgan fingerprint density at radius 2 is 1.55 bits per heavy atom. The summed E-state index contributed by atoms with van der Waals surface area (Å²) < 4.78 is 32.0. The number of ether oxygens (including phenoxy) is 1. The maximum atomic E-state index is 13.6. The van der Waals surface area contributed by atoms with Gasteiger partial charge in [-0.15, -0.1) is 4.91 Å². The molecule has 0 aromatic heterocycles. The quantitative estimate of drug-likeness (QED) is 0.128. The molecule has 0 spiro atoms. The molecule has 216 valence electrons. The minimum atomic E-state index is -3.82. The van der Waals surface area contributed by atoms with Crippen LogP contribution in [0, 0.1) is 4.91 Å². The topological polar surface area (TPSA) is 123 Å². The second-order valence-corrected chi connectivity index (χ2v) is 11.9. The van der Waals surface area contributed by atoms with E-state index in [-0.39, 0.29) is 11.3 Å². The Bertz CT molecular complexity index is 1770. The predicted molar refractivity (Wildman–Crippen MR) is 163 cm³/mol. The van der Waals surface area contributed by atoms with Crippen molar-refractivity contribution in [2.45, 2.75) is 38.5 Å². The number of nitroso groups, excluding NO2 is 1. The number of hydrogen-bond donors (Lipinski definition) is 1. The molecule has 0 atom stereocenters. The second kappa shape index (κ2) is 13.4. The third kappa shape index (κ3) is 7.38. The van der Waals surface area contributed by atoms with Gasteiger partial charge >= 0.3 is 0 Å². The molecule has 10 heteroatoms. The summed E-state index contributed by atoms with van der Waals surface area (Å²) in [7, 11) is -3.82. The van der Waals surface area contributed by atoms with Crippen LogP contribution in [0.25, 0.3) is 17.1 Å². The number of aromatic nitrogens is 3. The molecule has 0 amide bonds. The van der Waals surface area contributed by atoms with Crippen LogP contribution in [-0.2, 0) is 22.9 Å². The molecular weight excluding hydrogens is 552 g/mol. The first-order chi connectivity index (χ1) is 20.4. The number of unbranched alkanes of at least 4 members (excludes halogenated alkanes) is 3. The van der Waals surface area contributed by atoms with Gasteiger partial charge in [0.15, 0.2) is 5.82 Å². The number of nitrogens with one attached hydrogen (secondary N) is 1. The highest BCUT2D eigenvalue weighted by Crippen LogP contribution is 2.24. The summed E-state index contributed by atoms with van der Waals surface area (Å²) in [5.74, 6) is 1.09. The molecule has 3 aromatic rings. The van der Waals surface area contributed by atoms with Crippen LogP contribution in [0.15, 0.2) is 101 Å². The van der Waals surface area contributed by atoms with Crippen LogP contribution >= 0.6 is 0 Å². The zero-order valence-corrected chi connectivity index (χ0v) is 23.9. The van der Waals surface area contributed by atoms with Gasteiger partial charge in [-0.2, -0.15) is 0 Å². The first-order valence-electron chi connectivity index (χ1n) is 13.9. The van der Waals surface area contributed by atoms with Crippen molar-refractivity contribution in [3.05, 3.63) is 129 Å². The smallest absolute Gasteiger partial charge is 0.288 e. The molecule has 42 heavy (non-hydrogen) atoms. The van der Waals surface area contributed by atoms with Gasteiger partial charge < -0.3 is 9.72 Å². The summed E-state index contributed by atoms with van der Waals surface area (Å²) in [6.45, 7) is 0.476. The molecule has 0 unspecified atom stereocenters. The van der Waals surface area contributed by atoms with Crippen molar-refractivity contribution < 1.29 is 13.2 Å². The van der Waals surface area contributed by atoms with Gasteiger partial charge in [-0.25, -0.2) is 13.4 Å². The average molecular weight is 585 g/mol. The molecule has 0 saturated carbocycles. The van der Waals surface area contributed by atoms with Crippen molar-refractivity contribution in [2.24, 2.45) is 4.58 Å². The van der Waals surface area contributed by atoms with Crippen LogP contribution in [0.5, 0.6) is 5.75 Å². The molecular formula is C32H32N4O5S. The summed E-state index contributed by atoms with van der Waals surface area (Å²) >= 11 is 0. The third-order valence-electron chi connectivity index (χ3n) is 7.01. The lowest BCUT2D eigenvalue weighted by Crippen LogP contribution is -2.17. The van der Waals surface area contributed by atoms with Crippen molar-refractivity contribution in [3.63, 3.8) is 0 Å². The summed E-state index contributed by atoms with van der Waals surface area (Å²) in [6, 6.07) is 27.6. The highest BCUT2D eigenvalue weighted by atomic mass is 32.2. The summed E-state index contributed by atoms with van der Waals surface area (Å²) in [6.07, 6.45) is 5.40. The van der Waals surface area contributed by atoms with Gasteiger partial charge in [0.1, 0.15) is 11.4 Å². The normalized spacial score (nSPS) is 11.5. The number of sulfonamides is 1. The molecule has 2 aliphatic rings. The van der Waals surface area contributed by atoms with E-state index in [1.807, 2.05) is 79.0 Å². The Morgan fingerprint density at radius 3 is 2.31 bits per heavy atom. The number of imidazole rings is 1. The molecule has 3 aromatic carbocycles. The molecule has 0 saturated heterocycles. The first-order valence-corrected chi connectivity index (χ1v) is 15.5. The van der Waals surface area contributed by atoms with E-state index in [9.17, 15) is 18.1 Å². The molecule has 2 aliphatic heterocycles. The van der Waals surface area contributed by atoms with Crippen molar-refractivity contribution in [3.8, 4) is 22.8 Å². The van der Waals surface area contributed by atoms with Gasteiger partial charge in [0.25, 0.3) is 15.6 Å². The standard InChI is InChI=1S/C32H32N4O5S/c37-32-29(22-25-14-11-17-27(20-25)41-18-9-1-2-10-19-42(39,40)35-38)34-31-28(21-24-12-5-3-6-13-24)33-30(23-36(31)32)26-15-7-4-8-16-26/h3-8,11-17,20,23,33H,1-2,9-10,18-19,21-22H2. The van der Waals surface area contributed by atoms with E-state index in [1.165, 1.54) is 0 Å².